The lowest BCUT2D eigenvalue weighted by Crippen LogP contribution is -2.46. The van der Waals surface area contributed by atoms with E-state index in [4.69, 9.17) is 9.26 Å². The van der Waals surface area contributed by atoms with Gasteiger partial charge in [0, 0.05) is 32.4 Å². The molecule has 4 rings (SSSR count). The maximum absolute atomic E-state index is 13.0. The van der Waals surface area contributed by atoms with Gasteiger partial charge in [-0.3, -0.25) is 4.79 Å². The Bertz CT molecular complexity index is 783. The zero-order chi connectivity index (χ0) is 17.6. The number of hydrogen-bond donors (Lipinski definition) is 0. The molecule has 1 aromatic carbocycles. The van der Waals surface area contributed by atoms with Crippen molar-refractivity contribution in [1.29, 1.82) is 0 Å². The molecule has 1 saturated heterocycles. The number of likely N-dealkylation sites (tertiary alicyclic amines) is 1. The van der Waals surface area contributed by atoms with Crippen LogP contribution >= 0.6 is 0 Å². The molecule has 2 atom stereocenters. The quantitative estimate of drug-likeness (QED) is 0.840. The van der Waals surface area contributed by atoms with Gasteiger partial charge in [0.2, 0.25) is 5.89 Å². The van der Waals surface area contributed by atoms with Gasteiger partial charge in [-0.25, -0.2) is 0 Å². The molecule has 2 aromatic rings. The van der Waals surface area contributed by atoms with Gasteiger partial charge in [-0.1, -0.05) is 11.2 Å². The lowest BCUT2D eigenvalue weighted by molar-refractivity contribution is -0.139. The number of nitrogens with zero attached hydrogens (tertiary/aromatic N) is 3. The first kappa shape index (κ1) is 16.1. The number of benzene rings is 1. The number of rotatable bonds is 2. The number of ether oxygens (including phenoxy) is 1. The van der Waals surface area contributed by atoms with Crippen LogP contribution in [0.4, 0.5) is 0 Å². The largest absolute Gasteiger partial charge is 0.480 e. The Morgan fingerprint density at radius 3 is 2.80 bits per heavy atom. The summed E-state index contributed by atoms with van der Waals surface area (Å²) in [5.41, 5.74) is 3.56. The molecule has 1 aromatic heterocycles. The van der Waals surface area contributed by atoms with Crippen molar-refractivity contribution in [2.24, 2.45) is 0 Å². The van der Waals surface area contributed by atoms with Crippen molar-refractivity contribution in [2.45, 2.75) is 52.1 Å². The summed E-state index contributed by atoms with van der Waals surface area (Å²) in [6.07, 6.45) is 2.16. The van der Waals surface area contributed by atoms with E-state index in [0.717, 1.165) is 30.7 Å². The van der Waals surface area contributed by atoms with Gasteiger partial charge < -0.3 is 14.2 Å². The number of carbonyl (C=O) groups is 1. The monoisotopic (exact) mass is 341 g/mol. The Hall–Kier alpha value is -2.37. The van der Waals surface area contributed by atoms with Gasteiger partial charge in [0.15, 0.2) is 11.9 Å². The van der Waals surface area contributed by atoms with Gasteiger partial charge in [-0.05, 0) is 49.4 Å². The third kappa shape index (κ3) is 3.01. The number of carbonyl (C=O) groups excluding carboxylic acids is 1. The number of hydrogen-bond acceptors (Lipinski definition) is 5. The first-order chi connectivity index (χ1) is 12.0. The number of aromatic nitrogens is 2. The molecule has 2 unspecified atom stereocenters. The summed E-state index contributed by atoms with van der Waals surface area (Å²) >= 11 is 0. The van der Waals surface area contributed by atoms with Gasteiger partial charge in [-0.15, -0.1) is 0 Å². The van der Waals surface area contributed by atoms with Crippen molar-refractivity contribution in [1.82, 2.24) is 15.0 Å². The van der Waals surface area contributed by atoms with Crippen LogP contribution in [-0.4, -0.2) is 40.1 Å². The second-order valence-corrected chi connectivity index (χ2v) is 7.15. The molecule has 3 heterocycles. The summed E-state index contributed by atoms with van der Waals surface area (Å²) < 4.78 is 11.1. The van der Waals surface area contributed by atoms with Gasteiger partial charge >= 0.3 is 0 Å². The molecule has 2 aliphatic rings. The predicted octanol–water partition coefficient (Wildman–Crippen LogP) is 2.70. The standard InChI is InChI=1S/C19H23N3O3/c1-11-7-15-9-17(24-16(15)8-12(11)2)19(23)22-6-4-5-14(10-22)18-20-13(3)25-21-18/h7-8,14,17H,4-6,9-10H2,1-3H3. The summed E-state index contributed by atoms with van der Waals surface area (Å²) in [6.45, 7) is 7.34. The summed E-state index contributed by atoms with van der Waals surface area (Å²) in [5, 5.41) is 4.03. The van der Waals surface area contributed by atoms with Crippen LogP contribution in [0.15, 0.2) is 16.7 Å². The molecule has 132 valence electrons. The van der Waals surface area contributed by atoms with E-state index in [1.165, 1.54) is 11.1 Å². The predicted molar refractivity (Wildman–Crippen MR) is 91.6 cm³/mol. The smallest absolute Gasteiger partial charge is 0.264 e. The van der Waals surface area contributed by atoms with Crippen LogP contribution in [0.2, 0.25) is 0 Å². The van der Waals surface area contributed by atoms with Crippen molar-refractivity contribution in [3.8, 4) is 5.75 Å². The summed E-state index contributed by atoms with van der Waals surface area (Å²) in [6, 6.07) is 4.18. The van der Waals surface area contributed by atoms with Crippen LogP contribution in [0, 0.1) is 20.8 Å². The maximum Gasteiger partial charge on any atom is 0.264 e. The van der Waals surface area contributed by atoms with E-state index in [-0.39, 0.29) is 11.8 Å². The Balaban J connectivity index is 1.46. The molecule has 0 bridgehead atoms. The summed E-state index contributed by atoms with van der Waals surface area (Å²) in [5.74, 6) is 2.33. The van der Waals surface area contributed by atoms with Crippen molar-refractivity contribution in [3.63, 3.8) is 0 Å². The van der Waals surface area contributed by atoms with Crippen LogP contribution < -0.4 is 4.74 Å². The van der Waals surface area contributed by atoms with E-state index in [1.807, 2.05) is 11.0 Å². The Kier molecular flexibility index (Phi) is 3.98. The van der Waals surface area contributed by atoms with E-state index in [1.54, 1.807) is 6.92 Å². The number of amides is 1. The van der Waals surface area contributed by atoms with Crippen molar-refractivity contribution >= 4 is 5.91 Å². The summed E-state index contributed by atoms with van der Waals surface area (Å²) in [7, 11) is 0. The zero-order valence-electron chi connectivity index (χ0n) is 14.9. The molecule has 0 radical (unpaired) electrons. The van der Waals surface area contributed by atoms with Gasteiger partial charge in [0.05, 0.1) is 0 Å². The Labute approximate surface area is 147 Å². The Morgan fingerprint density at radius 1 is 1.24 bits per heavy atom. The third-order valence-corrected chi connectivity index (χ3v) is 5.27. The molecule has 0 saturated carbocycles. The molecule has 25 heavy (non-hydrogen) atoms. The normalized spacial score (nSPS) is 22.6. The molecular weight excluding hydrogens is 318 g/mol. The molecule has 0 aliphatic carbocycles. The maximum atomic E-state index is 13.0. The van der Waals surface area contributed by atoms with Gasteiger partial charge in [-0.2, -0.15) is 4.98 Å². The average molecular weight is 341 g/mol. The highest BCUT2D eigenvalue weighted by Crippen LogP contribution is 2.33. The first-order valence-corrected chi connectivity index (χ1v) is 8.87. The second-order valence-electron chi connectivity index (χ2n) is 7.15. The Morgan fingerprint density at radius 2 is 2.04 bits per heavy atom. The molecule has 0 spiro atoms. The number of fused-ring (bicyclic) bond motifs is 1. The second kappa shape index (κ2) is 6.17. The fourth-order valence-corrected chi connectivity index (χ4v) is 3.72. The molecule has 0 N–H and O–H groups in total. The highest BCUT2D eigenvalue weighted by Gasteiger charge is 2.35. The third-order valence-electron chi connectivity index (χ3n) is 5.27. The fourth-order valence-electron chi connectivity index (χ4n) is 3.72. The van der Waals surface area contributed by atoms with E-state index in [2.05, 4.69) is 30.1 Å². The zero-order valence-corrected chi connectivity index (χ0v) is 14.9. The minimum atomic E-state index is -0.415. The first-order valence-electron chi connectivity index (χ1n) is 8.87. The van der Waals surface area contributed by atoms with E-state index in [0.29, 0.717) is 24.7 Å². The highest BCUT2D eigenvalue weighted by atomic mass is 16.5. The molecule has 1 fully saturated rings. The average Bonchev–Trinajstić information content (AvgIpc) is 3.21. The number of aryl methyl sites for hydroxylation is 3. The minimum Gasteiger partial charge on any atom is -0.480 e. The van der Waals surface area contributed by atoms with Crippen molar-refractivity contribution < 1.29 is 14.1 Å². The van der Waals surface area contributed by atoms with E-state index in [9.17, 15) is 4.79 Å². The van der Waals surface area contributed by atoms with Crippen LogP contribution in [-0.2, 0) is 11.2 Å². The lowest BCUT2D eigenvalue weighted by Gasteiger charge is -2.32. The van der Waals surface area contributed by atoms with Crippen LogP contribution in [0.1, 0.15) is 47.2 Å². The van der Waals surface area contributed by atoms with Crippen molar-refractivity contribution in [2.75, 3.05) is 13.1 Å². The molecular formula is C19H23N3O3. The SMILES string of the molecule is Cc1nc(C2CCCN(C(=O)C3Cc4cc(C)c(C)cc4O3)C2)no1. The van der Waals surface area contributed by atoms with Gasteiger partial charge in [0.25, 0.3) is 5.91 Å². The molecule has 6 nitrogen and oxygen atoms in total. The fraction of sp³-hybridized carbons (Fsp3) is 0.526. The van der Waals surface area contributed by atoms with Crippen molar-refractivity contribution in [3.05, 3.63) is 40.5 Å². The molecule has 2 aliphatic heterocycles. The minimum absolute atomic E-state index is 0.0661. The lowest BCUT2D eigenvalue weighted by atomic mass is 9.96. The molecule has 1 amide bonds. The van der Waals surface area contributed by atoms with Crippen LogP contribution in [0.25, 0.3) is 0 Å². The van der Waals surface area contributed by atoms with E-state index < -0.39 is 6.10 Å². The van der Waals surface area contributed by atoms with Crippen LogP contribution in [0.3, 0.4) is 0 Å². The topological polar surface area (TPSA) is 68.5 Å². The van der Waals surface area contributed by atoms with E-state index >= 15 is 0 Å². The van der Waals surface area contributed by atoms with Gasteiger partial charge in [0.1, 0.15) is 5.75 Å². The molecule has 6 heteroatoms. The highest BCUT2D eigenvalue weighted by molar-refractivity contribution is 5.83. The van der Waals surface area contributed by atoms with Crippen LogP contribution in [0.5, 0.6) is 5.75 Å². The number of piperidine rings is 1. The summed E-state index contributed by atoms with van der Waals surface area (Å²) in [4.78, 5) is 19.2.